The first-order chi connectivity index (χ1) is 13.3. The van der Waals surface area contributed by atoms with Gasteiger partial charge in [-0.2, -0.15) is 0 Å². The van der Waals surface area contributed by atoms with Crippen LogP contribution in [0.15, 0.2) is 45.0 Å². The second-order valence-corrected chi connectivity index (χ2v) is 7.91. The molecule has 3 aromatic rings. The number of aryl methyl sites for hydroxylation is 2. The quantitative estimate of drug-likeness (QED) is 0.469. The third-order valence-electron chi connectivity index (χ3n) is 4.45. The molecule has 0 spiro atoms. The van der Waals surface area contributed by atoms with Gasteiger partial charge >= 0.3 is 5.91 Å². The highest BCUT2D eigenvalue weighted by Gasteiger charge is 2.14. The molecule has 0 unspecified atom stereocenters. The van der Waals surface area contributed by atoms with Gasteiger partial charge in [-0.05, 0) is 70.6 Å². The molecule has 2 aromatic carbocycles. The number of aromatic nitrogens is 1. The van der Waals surface area contributed by atoms with E-state index in [1.54, 1.807) is 0 Å². The van der Waals surface area contributed by atoms with Crippen molar-refractivity contribution < 1.29 is 14.6 Å². The van der Waals surface area contributed by atoms with E-state index in [2.05, 4.69) is 45.0 Å². The Labute approximate surface area is 171 Å². The lowest BCUT2D eigenvalue weighted by molar-refractivity contribution is -0.120. The summed E-state index contributed by atoms with van der Waals surface area (Å²) in [4.78, 5) is 15.0. The zero-order valence-corrected chi connectivity index (χ0v) is 17.8. The second kappa shape index (κ2) is 8.14. The highest BCUT2D eigenvalue weighted by Crippen LogP contribution is 2.39. The smallest absolute Gasteiger partial charge is 0.302 e. The number of azo groups is 1. The van der Waals surface area contributed by atoms with Crippen LogP contribution in [-0.4, -0.2) is 22.6 Å². The van der Waals surface area contributed by atoms with Gasteiger partial charge in [0.2, 0.25) is 5.88 Å². The number of fused-ring (bicyclic) bond motifs is 1. The number of hydrogen-bond donors (Lipinski definition) is 2. The van der Waals surface area contributed by atoms with E-state index in [1.165, 1.54) is 0 Å². The molecule has 1 heterocycles. The first-order valence-corrected chi connectivity index (χ1v) is 9.74. The van der Waals surface area contributed by atoms with Gasteiger partial charge in [-0.25, -0.2) is 0 Å². The molecule has 28 heavy (non-hydrogen) atoms. The molecule has 7 heteroatoms. The van der Waals surface area contributed by atoms with E-state index in [4.69, 9.17) is 4.74 Å². The van der Waals surface area contributed by atoms with E-state index in [0.29, 0.717) is 22.6 Å². The summed E-state index contributed by atoms with van der Waals surface area (Å²) in [6.45, 7) is 7.83. The fourth-order valence-electron chi connectivity index (χ4n) is 2.87. The maximum Gasteiger partial charge on any atom is 0.302 e. The molecule has 0 saturated carbocycles. The standard InChI is InChI=1S/C21H22BrN3O3/c1-11(2)14-6-5-13(4)17(9-14)28-10-18(26)24-25-20-15-7-12(3)8-16(22)19(15)23-21(20)27/h5-9,11,23,27H,10H2,1-4H3. The van der Waals surface area contributed by atoms with Crippen LogP contribution < -0.4 is 4.74 Å². The summed E-state index contributed by atoms with van der Waals surface area (Å²) in [6.07, 6.45) is 0. The zero-order chi connectivity index (χ0) is 20.4. The number of carbonyl (C=O) groups is 1. The summed E-state index contributed by atoms with van der Waals surface area (Å²) in [6, 6.07) is 9.75. The van der Waals surface area contributed by atoms with Crippen LogP contribution in [0.4, 0.5) is 5.69 Å². The number of benzene rings is 2. The number of nitrogens with zero attached hydrogens (tertiary/aromatic N) is 2. The van der Waals surface area contributed by atoms with Gasteiger partial charge < -0.3 is 14.8 Å². The van der Waals surface area contributed by atoms with Crippen LogP contribution in [0.5, 0.6) is 11.6 Å². The molecule has 0 fully saturated rings. The van der Waals surface area contributed by atoms with Crippen molar-refractivity contribution in [3.05, 3.63) is 51.5 Å². The van der Waals surface area contributed by atoms with E-state index < -0.39 is 5.91 Å². The molecule has 3 rings (SSSR count). The van der Waals surface area contributed by atoms with Crippen molar-refractivity contribution in [2.45, 2.75) is 33.6 Å². The predicted molar refractivity (Wildman–Crippen MR) is 113 cm³/mol. The van der Waals surface area contributed by atoms with Crippen LogP contribution in [-0.2, 0) is 4.79 Å². The van der Waals surface area contributed by atoms with Gasteiger partial charge in [0.15, 0.2) is 12.3 Å². The molecule has 0 radical (unpaired) electrons. The van der Waals surface area contributed by atoms with Gasteiger partial charge in [0, 0.05) is 9.86 Å². The number of amides is 1. The number of aromatic amines is 1. The Kier molecular flexibility index (Phi) is 5.84. The summed E-state index contributed by atoms with van der Waals surface area (Å²) in [5.74, 6) is 0.351. The Morgan fingerprint density at radius 3 is 2.71 bits per heavy atom. The zero-order valence-electron chi connectivity index (χ0n) is 16.2. The normalized spacial score (nSPS) is 11.6. The number of aromatic hydroxyl groups is 1. The highest BCUT2D eigenvalue weighted by molar-refractivity contribution is 9.10. The fourth-order valence-corrected chi connectivity index (χ4v) is 3.54. The summed E-state index contributed by atoms with van der Waals surface area (Å²) < 4.78 is 6.43. The number of ether oxygens (including phenoxy) is 1. The topological polar surface area (TPSA) is 87.0 Å². The number of H-pyrrole nitrogens is 1. The molecule has 0 atom stereocenters. The maximum absolute atomic E-state index is 12.1. The minimum Gasteiger partial charge on any atom is -0.493 e. The summed E-state index contributed by atoms with van der Waals surface area (Å²) in [5.41, 5.74) is 4.00. The second-order valence-electron chi connectivity index (χ2n) is 7.05. The van der Waals surface area contributed by atoms with Crippen LogP contribution in [0.1, 0.15) is 36.5 Å². The molecular weight excluding hydrogens is 422 g/mol. The van der Waals surface area contributed by atoms with Crippen molar-refractivity contribution in [2.75, 3.05) is 6.61 Å². The Morgan fingerprint density at radius 1 is 1.25 bits per heavy atom. The average molecular weight is 444 g/mol. The maximum atomic E-state index is 12.1. The molecule has 0 aliphatic rings. The SMILES string of the molecule is Cc1cc(Br)c2[nH]c(O)c(N=NC(=O)COc3cc(C(C)C)ccc3C)c2c1. The molecule has 0 aliphatic carbocycles. The van der Waals surface area contributed by atoms with Gasteiger partial charge in [0.25, 0.3) is 0 Å². The fraction of sp³-hybridized carbons (Fsp3) is 0.286. The van der Waals surface area contributed by atoms with Gasteiger partial charge in [0.1, 0.15) is 5.75 Å². The summed E-state index contributed by atoms with van der Waals surface area (Å²) in [5, 5.41) is 18.5. The van der Waals surface area contributed by atoms with Crippen molar-refractivity contribution in [3.63, 3.8) is 0 Å². The lowest BCUT2D eigenvalue weighted by Gasteiger charge is -2.11. The van der Waals surface area contributed by atoms with Crippen LogP contribution in [0, 0.1) is 13.8 Å². The van der Waals surface area contributed by atoms with E-state index in [9.17, 15) is 9.90 Å². The van der Waals surface area contributed by atoms with E-state index >= 15 is 0 Å². The summed E-state index contributed by atoms with van der Waals surface area (Å²) in [7, 11) is 0. The number of halogens is 1. The third-order valence-corrected chi connectivity index (χ3v) is 5.07. The largest absolute Gasteiger partial charge is 0.493 e. The monoisotopic (exact) mass is 443 g/mol. The number of hydrogen-bond acceptors (Lipinski definition) is 4. The minimum atomic E-state index is -0.533. The van der Waals surface area contributed by atoms with Crippen LogP contribution >= 0.6 is 15.9 Å². The molecule has 1 amide bonds. The molecule has 1 aromatic heterocycles. The average Bonchev–Trinajstić information content (AvgIpc) is 2.94. The minimum absolute atomic E-state index is 0.140. The van der Waals surface area contributed by atoms with Crippen molar-refractivity contribution in [2.24, 2.45) is 10.2 Å². The van der Waals surface area contributed by atoms with E-state index in [-0.39, 0.29) is 18.2 Å². The lowest BCUT2D eigenvalue weighted by atomic mass is 10.0. The number of rotatable bonds is 5. The van der Waals surface area contributed by atoms with Crippen molar-refractivity contribution in [1.29, 1.82) is 0 Å². The van der Waals surface area contributed by atoms with Gasteiger partial charge in [-0.15, -0.1) is 10.2 Å². The molecule has 0 aliphatic heterocycles. The Hall–Kier alpha value is -2.67. The van der Waals surface area contributed by atoms with Crippen molar-refractivity contribution in [3.8, 4) is 11.6 Å². The Morgan fingerprint density at radius 2 is 2.00 bits per heavy atom. The Bertz CT molecular complexity index is 1070. The molecule has 0 bridgehead atoms. The van der Waals surface area contributed by atoms with Gasteiger partial charge in [-0.3, -0.25) is 4.79 Å². The summed E-state index contributed by atoms with van der Waals surface area (Å²) >= 11 is 3.45. The predicted octanol–water partition coefficient (Wildman–Crippen LogP) is 6.07. The first kappa shape index (κ1) is 20.1. The van der Waals surface area contributed by atoms with E-state index in [0.717, 1.165) is 21.2 Å². The molecule has 146 valence electrons. The lowest BCUT2D eigenvalue weighted by Crippen LogP contribution is -2.09. The number of carbonyl (C=O) groups excluding carboxylic acids is 1. The van der Waals surface area contributed by atoms with Crippen molar-refractivity contribution >= 4 is 38.4 Å². The van der Waals surface area contributed by atoms with Crippen molar-refractivity contribution in [1.82, 2.24) is 4.98 Å². The van der Waals surface area contributed by atoms with Crippen LogP contribution in [0.3, 0.4) is 0 Å². The Balaban J connectivity index is 1.76. The molecule has 6 nitrogen and oxygen atoms in total. The third kappa shape index (κ3) is 4.25. The highest BCUT2D eigenvalue weighted by atomic mass is 79.9. The van der Waals surface area contributed by atoms with Gasteiger partial charge in [-0.1, -0.05) is 26.0 Å². The van der Waals surface area contributed by atoms with Crippen LogP contribution in [0.2, 0.25) is 0 Å². The number of nitrogens with one attached hydrogen (secondary N) is 1. The van der Waals surface area contributed by atoms with E-state index in [1.807, 2.05) is 44.2 Å². The molecule has 0 saturated heterocycles. The first-order valence-electron chi connectivity index (χ1n) is 8.95. The molecule has 2 N–H and O–H groups in total. The van der Waals surface area contributed by atoms with Gasteiger partial charge in [0.05, 0.1) is 5.52 Å². The van der Waals surface area contributed by atoms with Crippen LogP contribution in [0.25, 0.3) is 10.9 Å². The molecular formula is C21H22BrN3O3.